The average molecular weight is 280 g/mol. The molecule has 4 nitrogen and oxygen atoms in total. The second-order valence-corrected chi connectivity index (χ2v) is 6.80. The van der Waals surface area contributed by atoms with Gasteiger partial charge < -0.3 is 10.6 Å². The molecule has 0 amide bonds. The molecule has 0 saturated heterocycles. The summed E-state index contributed by atoms with van der Waals surface area (Å²) in [7, 11) is 4.11. The lowest BCUT2D eigenvalue weighted by atomic mass is 9.87. The number of likely N-dealkylation sites (N-methyl/N-ethyl adjacent to an activating group) is 1. The molecule has 0 aromatic carbocycles. The number of rotatable bonds is 5. The zero-order valence-corrected chi connectivity index (χ0v) is 13.7. The van der Waals surface area contributed by atoms with Gasteiger partial charge in [0.1, 0.15) is 0 Å². The fourth-order valence-electron chi connectivity index (χ4n) is 3.02. The first-order valence-corrected chi connectivity index (χ1v) is 8.29. The lowest BCUT2D eigenvalue weighted by molar-refractivity contribution is 0.247. The van der Waals surface area contributed by atoms with Gasteiger partial charge in [-0.05, 0) is 58.4 Å². The molecule has 2 saturated carbocycles. The van der Waals surface area contributed by atoms with E-state index in [4.69, 9.17) is 0 Å². The Morgan fingerprint density at radius 3 is 2.40 bits per heavy atom. The van der Waals surface area contributed by atoms with Gasteiger partial charge in [-0.1, -0.05) is 6.92 Å². The molecule has 0 heterocycles. The van der Waals surface area contributed by atoms with Crippen LogP contribution in [0.5, 0.6) is 0 Å². The van der Waals surface area contributed by atoms with Crippen LogP contribution in [0, 0.1) is 5.92 Å². The van der Waals surface area contributed by atoms with E-state index >= 15 is 0 Å². The minimum Gasteiger partial charge on any atom is -0.355 e. The van der Waals surface area contributed by atoms with Gasteiger partial charge in [0, 0.05) is 31.7 Å². The molecule has 0 aliphatic heterocycles. The molecule has 1 unspecified atom stereocenters. The van der Waals surface area contributed by atoms with E-state index in [0.717, 1.165) is 24.5 Å². The van der Waals surface area contributed by atoms with Gasteiger partial charge in [0.2, 0.25) is 0 Å². The third-order valence-corrected chi connectivity index (χ3v) is 4.96. The number of nitrogens with zero attached hydrogens (tertiary/aromatic N) is 2. The molecule has 20 heavy (non-hydrogen) atoms. The number of nitrogens with one attached hydrogen (secondary N) is 2. The second kappa shape index (κ2) is 7.30. The highest BCUT2D eigenvalue weighted by molar-refractivity contribution is 5.80. The summed E-state index contributed by atoms with van der Waals surface area (Å²) in [5.74, 6) is 1.87. The maximum atomic E-state index is 4.37. The summed E-state index contributed by atoms with van der Waals surface area (Å²) in [6, 6.07) is 1.99. The SMILES string of the molecule is CN=C(NCC(C)N(C)C1CC1)NC1CCC(C)CC1. The summed E-state index contributed by atoms with van der Waals surface area (Å²) in [4.78, 5) is 6.86. The molecule has 116 valence electrons. The Balaban J connectivity index is 1.69. The van der Waals surface area contributed by atoms with E-state index in [1.807, 2.05) is 7.05 Å². The Kier molecular flexibility index (Phi) is 5.70. The largest absolute Gasteiger partial charge is 0.355 e. The first kappa shape index (κ1) is 15.6. The van der Waals surface area contributed by atoms with E-state index in [-0.39, 0.29) is 0 Å². The predicted molar refractivity (Wildman–Crippen MR) is 86.2 cm³/mol. The van der Waals surface area contributed by atoms with Crippen LogP contribution >= 0.6 is 0 Å². The third kappa shape index (κ3) is 4.65. The zero-order valence-electron chi connectivity index (χ0n) is 13.7. The maximum Gasteiger partial charge on any atom is 0.191 e. The molecular formula is C16H32N4. The molecule has 2 fully saturated rings. The Morgan fingerprint density at radius 2 is 1.85 bits per heavy atom. The monoisotopic (exact) mass is 280 g/mol. The lowest BCUT2D eigenvalue weighted by Gasteiger charge is -2.29. The number of guanidine groups is 1. The topological polar surface area (TPSA) is 39.7 Å². The van der Waals surface area contributed by atoms with Gasteiger partial charge >= 0.3 is 0 Å². The Hall–Kier alpha value is -0.770. The fraction of sp³-hybridized carbons (Fsp3) is 0.938. The molecule has 2 aliphatic rings. The van der Waals surface area contributed by atoms with Crippen molar-refractivity contribution in [3.8, 4) is 0 Å². The maximum absolute atomic E-state index is 4.37. The molecule has 2 aliphatic carbocycles. The molecule has 4 heteroatoms. The van der Waals surface area contributed by atoms with E-state index in [9.17, 15) is 0 Å². The summed E-state index contributed by atoms with van der Waals surface area (Å²) >= 11 is 0. The van der Waals surface area contributed by atoms with Crippen LogP contribution in [0.2, 0.25) is 0 Å². The van der Waals surface area contributed by atoms with Crippen molar-refractivity contribution in [2.75, 3.05) is 20.6 Å². The average Bonchev–Trinajstić information content (AvgIpc) is 3.29. The van der Waals surface area contributed by atoms with Crippen LogP contribution in [0.15, 0.2) is 4.99 Å². The van der Waals surface area contributed by atoms with Crippen molar-refractivity contribution >= 4 is 5.96 Å². The van der Waals surface area contributed by atoms with Crippen molar-refractivity contribution in [2.24, 2.45) is 10.9 Å². The molecular weight excluding hydrogens is 248 g/mol. The first-order chi connectivity index (χ1) is 9.60. The van der Waals surface area contributed by atoms with Gasteiger partial charge in [-0.15, -0.1) is 0 Å². The number of hydrogen-bond acceptors (Lipinski definition) is 2. The van der Waals surface area contributed by atoms with E-state index in [2.05, 4.69) is 41.4 Å². The second-order valence-electron chi connectivity index (χ2n) is 6.80. The van der Waals surface area contributed by atoms with Crippen LogP contribution in [0.3, 0.4) is 0 Å². The molecule has 0 spiro atoms. The highest BCUT2D eigenvalue weighted by Gasteiger charge is 2.29. The van der Waals surface area contributed by atoms with Gasteiger partial charge in [0.15, 0.2) is 5.96 Å². The highest BCUT2D eigenvalue weighted by atomic mass is 15.2. The summed E-state index contributed by atoms with van der Waals surface area (Å²) in [6.45, 7) is 5.62. The third-order valence-electron chi connectivity index (χ3n) is 4.96. The summed E-state index contributed by atoms with van der Waals surface area (Å²) in [5.41, 5.74) is 0. The van der Waals surface area contributed by atoms with Crippen molar-refractivity contribution in [2.45, 2.75) is 70.5 Å². The van der Waals surface area contributed by atoms with Crippen molar-refractivity contribution in [3.05, 3.63) is 0 Å². The summed E-state index contributed by atoms with van der Waals surface area (Å²) in [6.07, 6.45) is 7.98. The standard InChI is InChI=1S/C16H32N4/c1-12-5-7-14(8-6-12)19-16(17-3)18-11-13(2)20(4)15-9-10-15/h12-15H,5-11H2,1-4H3,(H2,17,18,19). The number of aliphatic imine (C=N–C) groups is 1. The minimum atomic E-state index is 0.562. The van der Waals surface area contributed by atoms with Crippen molar-refractivity contribution < 1.29 is 0 Å². The number of hydrogen-bond donors (Lipinski definition) is 2. The van der Waals surface area contributed by atoms with Crippen LogP contribution in [0.1, 0.15) is 52.4 Å². The Morgan fingerprint density at radius 1 is 1.20 bits per heavy atom. The zero-order chi connectivity index (χ0) is 14.5. The van der Waals surface area contributed by atoms with Crippen LogP contribution in [-0.4, -0.2) is 49.6 Å². The minimum absolute atomic E-state index is 0.562. The van der Waals surface area contributed by atoms with E-state index in [1.165, 1.54) is 38.5 Å². The van der Waals surface area contributed by atoms with Gasteiger partial charge in [0.05, 0.1) is 0 Å². The van der Waals surface area contributed by atoms with E-state index in [0.29, 0.717) is 12.1 Å². The normalized spacial score (nSPS) is 29.4. The molecule has 0 aromatic rings. The van der Waals surface area contributed by atoms with Crippen molar-refractivity contribution in [1.29, 1.82) is 0 Å². The molecule has 0 aromatic heterocycles. The van der Waals surface area contributed by atoms with Crippen molar-refractivity contribution in [1.82, 2.24) is 15.5 Å². The van der Waals surface area contributed by atoms with Crippen LogP contribution in [0.4, 0.5) is 0 Å². The summed E-state index contributed by atoms with van der Waals surface area (Å²) < 4.78 is 0. The van der Waals surface area contributed by atoms with Crippen molar-refractivity contribution in [3.63, 3.8) is 0 Å². The van der Waals surface area contributed by atoms with E-state index in [1.54, 1.807) is 0 Å². The predicted octanol–water partition coefficient (Wildman–Crippen LogP) is 2.21. The molecule has 1 atom stereocenters. The highest BCUT2D eigenvalue weighted by Crippen LogP contribution is 2.26. The smallest absolute Gasteiger partial charge is 0.191 e. The Labute approximate surface area is 124 Å². The van der Waals surface area contributed by atoms with Crippen LogP contribution in [0.25, 0.3) is 0 Å². The Bertz CT molecular complexity index is 316. The fourth-order valence-corrected chi connectivity index (χ4v) is 3.02. The van der Waals surface area contributed by atoms with Gasteiger partial charge in [-0.25, -0.2) is 0 Å². The van der Waals surface area contributed by atoms with Crippen LogP contribution in [-0.2, 0) is 0 Å². The quantitative estimate of drug-likeness (QED) is 0.599. The van der Waals surface area contributed by atoms with Gasteiger partial charge in [0.25, 0.3) is 0 Å². The molecule has 0 bridgehead atoms. The lowest BCUT2D eigenvalue weighted by Crippen LogP contribution is -2.48. The summed E-state index contributed by atoms with van der Waals surface area (Å²) in [5, 5.41) is 7.07. The molecule has 0 radical (unpaired) electrons. The molecule has 2 N–H and O–H groups in total. The molecule has 2 rings (SSSR count). The van der Waals surface area contributed by atoms with Crippen LogP contribution < -0.4 is 10.6 Å². The van der Waals surface area contributed by atoms with Gasteiger partial charge in [-0.2, -0.15) is 0 Å². The van der Waals surface area contributed by atoms with E-state index < -0.39 is 0 Å². The van der Waals surface area contributed by atoms with Gasteiger partial charge in [-0.3, -0.25) is 9.89 Å². The first-order valence-electron chi connectivity index (χ1n) is 8.29.